The molecule has 0 saturated heterocycles. The van der Waals surface area contributed by atoms with Crippen molar-refractivity contribution in [1.82, 2.24) is 10.6 Å². The third-order valence-electron chi connectivity index (χ3n) is 3.41. The lowest BCUT2D eigenvalue weighted by Crippen LogP contribution is -2.36. The normalized spacial score (nSPS) is 20.7. The number of benzene rings is 1. The molecule has 1 aliphatic carbocycles. The van der Waals surface area contributed by atoms with Gasteiger partial charge in [-0.2, -0.15) is 0 Å². The molecule has 2 atom stereocenters. The van der Waals surface area contributed by atoms with Crippen LogP contribution in [0, 0.1) is 5.92 Å². The van der Waals surface area contributed by atoms with Gasteiger partial charge in [0.15, 0.2) is 0 Å². The summed E-state index contributed by atoms with van der Waals surface area (Å²) in [5, 5.41) is 9.16. The van der Waals surface area contributed by atoms with Gasteiger partial charge in [-0.05, 0) is 36.5 Å². The molecule has 4 heteroatoms. The van der Waals surface area contributed by atoms with Gasteiger partial charge in [-0.1, -0.05) is 26.0 Å². The molecule has 2 amide bonds. The van der Waals surface area contributed by atoms with E-state index in [0.717, 1.165) is 30.6 Å². The Morgan fingerprint density at radius 3 is 2.58 bits per heavy atom. The largest absolute Gasteiger partial charge is 0.385 e. The second-order valence-corrected chi connectivity index (χ2v) is 5.27. The van der Waals surface area contributed by atoms with Gasteiger partial charge in [0.1, 0.15) is 0 Å². The molecule has 4 nitrogen and oxygen atoms in total. The standard InChI is InChI=1S/C15H23N3O/c1-3-8-16-13-6-4-12(5-7-13)10-17-15(19)18-14-9-11(14)2/h4-7,11,14,16H,3,8-10H2,1-2H3,(H2,17,18,19). The molecule has 2 rings (SSSR count). The predicted octanol–water partition coefficient (Wildman–Crippen LogP) is 2.72. The summed E-state index contributed by atoms with van der Waals surface area (Å²) in [6, 6.07) is 8.49. The Morgan fingerprint density at radius 2 is 2.00 bits per heavy atom. The van der Waals surface area contributed by atoms with Gasteiger partial charge in [-0.3, -0.25) is 0 Å². The molecule has 3 N–H and O–H groups in total. The van der Waals surface area contributed by atoms with Crippen molar-refractivity contribution in [2.24, 2.45) is 5.92 Å². The smallest absolute Gasteiger partial charge is 0.315 e. The molecule has 1 saturated carbocycles. The van der Waals surface area contributed by atoms with Gasteiger partial charge in [-0.15, -0.1) is 0 Å². The van der Waals surface area contributed by atoms with E-state index in [4.69, 9.17) is 0 Å². The Labute approximate surface area is 115 Å². The molecule has 104 valence electrons. The van der Waals surface area contributed by atoms with Crippen LogP contribution in [0.15, 0.2) is 24.3 Å². The minimum absolute atomic E-state index is 0.0671. The van der Waals surface area contributed by atoms with Crippen LogP contribution in [-0.2, 0) is 6.54 Å². The van der Waals surface area contributed by atoms with Crippen LogP contribution in [0.3, 0.4) is 0 Å². The van der Waals surface area contributed by atoms with Gasteiger partial charge >= 0.3 is 6.03 Å². The van der Waals surface area contributed by atoms with Crippen molar-refractivity contribution in [3.8, 4) is 0 Å². The molecule has 0 spiro atoms. The summed E-state index contributed by atoms with van der Waals surface area (Å²) in [4.78, 5) is 11.6. The molecule has 0 bridgehead atoms. The molecule has 1 aromatic carbocycles. The molecule has 0 heterocycles. The highest BCUT2D eigenvalue weighted by atomic mass is 16.2. The maximum atomic E-state index is 11.6. The third kappa shape index (κ3) is 4.47. The Balaban J connectivity index is 1.71. The summed E-state index contributed by atoms with van der Waals surface area (Å²) < 4.78 is 0. The van der Waals surface area contributed by atoms with Crippen molar-refractivity contribution in [1.29, 1.82) is 0 Å². The van der Waals surface area contributed by atoms with E-state index in [0.29, 0.717) is 18.5 Å². The van der Waals surface area contributed by atoms with Crippen molar-refractivity contribution in [3.63, 3.8) is 0 Å². The maximum Gasteiger partial charge on any atom is 0.315 e. The minimum atomic E-state index is -0.0671. The molecule has 0 aliphatic heterocycles. The molecule has 1 aliphatic rings. The fourth-order valence-corrected chi connectivity index (χ4v) is 1.93. The molecular formula is C15H23N3O. The van der Waals surface area contributed by atoms with Crippen LogP contribution in [-0.4, -0.2) is 18.6 Å². The number of urea groups is 1. The molecule has 1 fully saturated rings. The summed E-state index contributed by atoms with van der Waals surface area (Å²) in [6.45, 7) is 5.85. The second kappa shape index (κ2) is 6.45. The van der Waals surface area contributed by atoms with Crippen LogP contribution in [0.1, 0.15) is 32.3 Å². The van der Waals surface area contributed by atoms with E-state index >= 15 is 0 Å². The molecule has 0 aromatic heterocycles. The summed E-state index contributed by atoms with van der Waals surface area (Å²) in [5.74, 6) is 0.634. The van der Waals surface area contributed by atoms with Crippen LogP contribution in [0.25, 0.3) is 0 Å². The van der Waals surface area contributed by atoms with E-state index in [9.17, 15) is 4.79 Å². The first kappa shape index (κ1) is 13.7. The Hall–Kier alpha value is -1.71. The van der Waals surface area contributed by atoms with Crippen LogP contribution < -0.4 is 16.0 Å². The van der Waals surface area contributed by atoms with Crippen LogP contribution in [0.4, 0.5) is 10.5 Å². The van der Waals surface area contributed by atoms with Crippen molar-refractivity contribution < 1.29 is 4.79 Å². The predicted molar refractivity (Wildman–Crippen MR) is 78.2 cm³/mol. The lowest BCUT2D eigenvalue weighted by atomic mass is 10.2. The van der Waals surface area contributed by atoms with Gasteiger partial charge in [0, 0.05) is 24.8 Å². The average Bonchev–Trinajstić information content (AvgIpc) is 3.10. The first-order chi connectivity index (χ1) is 9.19. The SMILES string of the molecule is CCCNc1ccc(CNC(=O)NC2CC2C)cc1. The molecule has 0 radical (unpaired) electrons. The molecule has 19 heavy (non-hydrogen) atoms. The first-order valence-electron chi connectivity index (χ1n) is 7.06. The van der Waals surface area contributed by atoms with Crippen molar-refractivity contribution in [2.45, 2.75) is 39.3 Å². The number of rotatable bonds is 6. The third-order valence-corrected chi connectivity index (χ3v) is 3.41. The summed E-state index contributed by atoms with van der Waals surface area (Å²) in [5.41, 5.74) is 2.24. The zero-order valence-electron chi connectivity index (χ0n) is 11.7. The van der Waals surface area contributed by atoms with E-state index in [1.54, 1.807) is 0 Å². The maximum absolute atomic E-state index is 11.6. The van der Waals surface area contributed by atoms with Crippen molar-refractivity contribution >= 4 is 11.7 Å². The number of hydrogen-bond donors (Lipinski definition) is 3. The van der Waals surface area contributed by atoms with Gasteiger partial charge in [-0.25, -0.2) is 4.79 Å². The summed E-state index contributed by atoms with van der Waals surface area (Å²) in [6.07, 6.45) is 2.22. The van der Waals surface area contributed by atoms with Crippen LogP contribution in [0.5, 0.6) is 0 Å². The van der Waals surface area contributed by atoms with E-state index in [1.165, 1.54) is 0 Å². The Morgan fingerprint density at radius 1 is 1.32 bits per heavy atom. The highest BCUT2D eigenvalue weighted by molar-refractivity contribution is 5.74. The zero-order chi connectivity index (χ0) is 13.7. The van der Waals surface area contributed by atoms with Gasteiger partial charge < -0.3 is 16.0 Å². The molecular weight excluding hydrogens is 238 g/mol. The topological polar surface area (TPSA) is 53.2 Å². The Bertz CT molecular complexity index is 416. The average molecular weight is 261 g/mol. The van der Waals surface area contributed by atoms with Crippen LogP contribution >= 0.6 is 0 Å². The molecule has 2 unspecified atom stereocenters. The lowest BCUT2D eigenvalue weighted by molar-refractivity contribution is 0.239. The number of carbonyl (C=O) groups is 1. The minimum Gasteiger partial charge on any atom is -0.385 e. The zero-order valence-corrected chi connectivity index (χ0v) is 11.7. The fraction of sp³-hybridized carbons (Fsp3) is 0.533. The molecule has 1 aromatic rings. The number of hydrogen-bond acceptors (Lipinski definition) is 2. The quantitative estimate of drug-likeness (QED) is 0.737. The van der Waals surface area contributed by atoms with E-state index < -0.39 is 0 Å². The van der Waals surface area contributed by atoms with Gasteiger partial charge in [0.2, 0.25) is 0 Å². The number of amides is 2. The summed E-state index contributed by atoms with van der Waals surface area (Å²) in [7, 11) is 0. The fourth-order valence-electron chi connectivity index (χ4n) is 1.93. The Kier molecular flexibility index (Phi) is 4.66. The first-order valence-corrected chi connectivity index (χ1v) is 7.06. The van der Waals surface area contributed by atoms with E-state index in [-0.39, 0.29) is 6.03 Å². The number of anilines is 1. The number of nitrogens with one attached hydrogen (secondary N) is 3. The van der Waals surface area contributed by atoms with Crippen molar-refractivity contribution in [3.05, 3.63) is 29.8 Å². The highest BCUT2D eigenvalue weighted by Crippen LogP contribution is 2.28. The van der Waals surface area contributed by atoms with E-state index in [1.807, 2.05) is 24.3 Å². The lowest BCUT2D eigenvalue weighted by Gasteiger charge is -2.08. The second-order valence-electron chi connectivity index (χ2n) is 5.27. The van der Waals surface area contributed by atoms with E-state index in [2.05, 4.69) is 29.8 Å². The van der Waals surface area contributed by atoms with Crippen LogP contribution in [0.2, 0.25) is 0 Å². The van der Waals surface area contributed by atoms with Crippen molar-refractivity contribution in [2.75, 3.05) is 11.9 Å². The summed E-state index contributed by atoms with van der Waals surface area (Å²) >= 11 is 0. The highest BCUT2D eigenvalue weighted by Gasteiger charge is 2.33. The van der Waals surface area contributed by atoms with Gasteiger partial charge in [0.05, 0.1) is 0 Å². The number of carbonyl (C=O) groups excluding carboxylic acids is 1. The van der Waals surface area contributed by atoms with Gasteiger partial charge in [0.25, 0.3) is 0 Å². The monoisotopic (exact) mass is 261 g/mol.